The molecule has 116 valence electrons. The van der Waals surface area contributed by atoms with Gasteiger partial charge < -0.3 is 15.0 Å². The maximum absolute atomic E-state index is 12.8. The predicted octanol–water partition coefficient (Wildman–Crippen LogP) is 2.77. The van der Waals surface area contributed by atoms with E-state index in [4.69, 9.17) is 10.00 Å². The van der Waals surface area contributed by atoms with Crippen molar-refractivity contribution >= 4 is 11.6 Å². The standard InChI is InChI=1S/C18H17N3O2/c1-23-10-9-21-17(14-6-4-5-13(11-14)12-19)20-16-8-3-2-7-15(16)18(21)22/h2-8,11,17,20H,9-10H2,1H3/t17-/m1/s1. The molecular weight excluding hydrogens is 290 g/mol. The fraction of sp³-hybridized carbons (Fsp3) is 0.222. The molecule has 0 unspecified atom stereocenters. The Labute approximate surface area is 135 Å². The molecule has 2 aromatic carbocycles. The van der Waals surface area contributed by atoms with Gasteiger partial charge >= 0.3 is 0 Å². The Bertz CT molecular complexity index is 767. The van der Waals surface area contributed by atoms with Gasteiger partial charge in [0.25, 0.3) is 5.91 Å². The molecule has 0 saturated heterocycles. The largest absolute Gasteiger partial charge is 0.383 e. The number of nitriles is 1. The van der Waals surface area contributed by atoms with Gasteiger partial charge in [-0.3, -0.25) is 4.79 Å². The van der Waals surface area contributed by atoms with E-state index in [-0.39, 0.29) is 12.1 Å². The number of nitrogens with one attached hydrogen (secondary N) is 1. The Hall–Kier alpha value is -2.84. The van der Waals surface area contributed by atoms with E-state index in [9.17, 15) is 4.79 Å². The molecule has 1 amide bonds. The third-order valence-electron chi connectivity index (χ3n) is 3.89. The molecule has 1 heterocycles. The Kier molecular flexibility index (Phi) is 4.26. The highest BCUT2D eigenvalue weighted by molar-refractivity contribution is 6.01. The second-order valence-corrected chi connectivity index (χ2v) is 5.32. The van der Waals surface area contributed by atoms with E-state index in [0.717, 1.165) is 11.3 Å². The number of hydrogen-bond acceptors (Lipinski definition) is 4. The van der Waals surface area contributed by atoms with E-state index in [1.165, 1.54) is 0 Å². The minimum atomic E-state index is -0.319. The number of benzene rings is 2. The average molecular weight is 307 g/mol. The number of nitrogens with zero attached hydrogens (tertiary/aromatic N) is 2. The van der Waals surface area contributed by atoms with Gasteiger partial charge in [0.2, 0.25) is 0 Å². The molecule has 1 aliphatic heterocycles. The molecule has 1 aliphatic rings. The number of anilines is 1. The first kappa shape index (κ1) is 15.1. The zero-order chi connectivity index (χ0) is 16.2. The zero-order valence-electron chi connectivity index (χ0n) is 12.8. The first-order valence-electron chi connectivity index (χ1n) is 7.40. The average Bonchev–Trinajstić information content (AvgIpc) is 2.61. The van der Waals surface area contributed by atoms with Crippen molar-refractivity contribution in [2.45, 2.75) is 6.17 Å². The topological polar surface area (TPSA) is 65.4 Å². The van der Waals surface area contributed by atoms with Gasteiger partial charge in [-0.1, -0.05) is 24.3 Å². The highest BCUT2D eigenvalue weighted by Gasteiger charge is 2.32. The molecule has 1 atom stereocenters. The smallest absolute Gasteiger partial charge is 0.257 e. The SMILES string of the molecule is COCCN1C(=O)c2ccccc2N[C@H]1c1cccc(C#N)c1. The van der Waals surface area contributed by atoms with E-state index in [0.29, 0.717) is 24.3 Å². The second kappa shape index (κ2) is 6.51. The number of hydrogen-bond donors (Lipinski definition) is 1. The Morgan fingerprint density at radius 3 is 2.87 bits per heavy atom. The van der Waals surface area contributed by atoms with E-state index >= 15 is 0 Å². The van der Waals surface area contributed by atoms with Crippen LogP contribution in [0, 0.1) is 11.3 Å². The third kappa shape index (κ3) is 2.89. The summed E-state index contributed by atoms with van der Waals surface area (Å²) in [6.07, 6.45) is -0.319. The molecule has 0 radical (unpaired) electrons. The van der Waals surface area contributed by atoms with E-state index in [2.05, 4.69) is 11.4 Å². The van der Waals surface area contributed by atoms with Crippen LogP contribution >= 0.6 is 0 Å². The summed E-state index contributed by atoms with van der Waals surface area (Å²) in [7, 11) is 1.61. The van der Waals surface area contributed by atoms with E-state index in [1.807, 2.05) is 36.4 Å². The van der Waals surface area contributed by atoms with Crippen molar-refractivity contribution in [3.8, 4) is 6.07 Å². The summed E-state index contributed by atoms with van der Waals surface area (Å²) in [5.74, 6) is -0.0382. The maximum Gasteiger partial charge on any atom is 0.257 e. The van der Waals surface area contributed by atoms with Crippen molar-refractivity contribution in [2.75, 3.05) is 25.6 Å². The summed E-state index contributed by atoms with van der Waals surface area (Å²) in [6.45, 7) is 0.919. The van der Waals surface area contributed by atoms with Crippen molar-refractivity contribution in [3.63, 3.8) is 0 Å². The van der Waals surface area contributed by atoms with Gasteiger partial charge in [-0.25, -0.2) is 0 Å². The number of methoxy groups -OCH3 is 1. The van der Waals surface area contributed by atoms with E-state index < -0.39 is 0 Å². The summed E-state index contributed by atoms with van der Waals surface area (Å²) in [5.41, 5.74) is 2.90. The number of carbonyl (C=O) groups is 1. The molecule has 1 N–H and O–H groups in total. The lowest BCUT2D eigenvalue weighted by Crippen LogP contribution is -2.44. The van der Waals surface area contributed by atoms with Gasteiger partial charge in [0.15, 0.2) is 0 Å². The first-order valence-corrected chi connectivity index (χ1v) is 7.40. The van der Waals surface area contributed by atoms with Gasteiger partial charge in [-0.2, -0.15) is 5.26 Å². The van der Waals surface area contributed by atoms with Crippen molar-refractivity contribution in [3.05, 3.63) is 65.2 Å². The zero-order valence-corrected chi connectivity index (χ0v) is 12.8. The van der Waals surface area contributed by atoms with Crippen molar-refractivity contribution in [1.29, 1.82) is 5.26 Å². The van der Waals surface area contributed by atoms with Crippen molar-refractivity contribution < 1.29 is 9.53 Å². The van der Waals surface area contributed by atoms with Crippen molar-refractivity contribution in [2.24, 2.45) is 0 Å². The summed E-state index contributed by atoms with van der Waals surface area (Å²) in [6, 6.07) is 16.9. The Morgan fingerprint density at radius 1 is 1.26 bits per heavy atom. The summed E-state index contributed by atoms with van der Waals surface area (Å²) in [4.78, 5) is 14.6. The molecular formula is C18H17N3O2. The molecule has 5 nitrogen and oxygen atoms in total. The molecule has 2 aromatic rings. The van der Waals surface area contributed by atoms with Gasteiger partial charge in [-0.05, 0) is 29.8 Å². The third-order valence-corrected chi connectivity index (χ3v) is 3.89. The molecule has 0 saturated carbocycles. The number of fused-ring (bicyclic) bond motifs is 1. The monoisotopic (exact) mass is 307 g/mol. The van der Waals surface area contributed by atoms with Crippen LogP contribution in [0.15, 0.2) is 48.5 Å². The summed E-state index contributed by atoms with van der Waals surface area (Å²) >= 11 is 0. The van der Waals surface area contributed by atoms with Crippen LogP contribution in [0.4, 0.5) is 5.69 Å². The molecule has 23 heavy (non-hydrogen) atoms. The minimum Gasteiger partial charge on any atom is -0.383 e. The van der Waals surface area contributed by atoms with Crippen LogP contribution in [-0.4, -0.2) is 31.1 Å². The Morgan fingerprint density at radius 2 is 2.09 bits per heavy atom. The summed E-state index contributed by atoms with van der Waals surface area (Å²) in [5, 5.41) is 12.5. The number of ether oxygens (including phenoxy) is 1. The molecule has 0 aromatic heterocycles. The molecule has 0 bridgehead atoms. The van der Waals surface area contributed by atoms with Gasteiger partial charge in [-0.15, -0.1) is 0 Å². The number of para-hydroxylation sites is 1. The van der Waals surface area contributed by atoms with Gasteiger partial charge in [0, 0.05) is 19.3 Å². The van der Waals surface area contributed by atoms with Crippen LogP contribution in [0.25, 0.3) is 0 Å². The van der Waals surface area contributed by atoms with Crippen LogP contribution < -0.4 is 5.32 Å². The quantitative estimate of drug-likeness (QED) is 0.943. The Balaban J connectivity index is 2.02. The van der Waals surface area contributed by atoms with E-state index in [1.54, 1.807) is 24.1 Å². The highest BCUT2D eigenvalue weighted by Crippen LogP contribution is 2.32. The predicted molar refractivity (Wildman–Crippen MR) is 86.9 cm³/mol. The summed E-state index contributed by atoms with van der Waals surface area (Å²) < 4.78 is 5.14. The molecule has 0 aliphatic carbocycles. The second-order valence-electron chi connectivity index (χ2n) is 5.32. The lowest BCUT2D eigenvalue weighted by atomic mass is 10.0. The highest BCUT2D eigenvalue weighted by atomic mass is 16.5. The minimum absolute atomic E-state index is 0.0382. The maximum atomic E-state index is 12.8. The van der Waals surface area contributed by atoms with Crippen LogP contribution in [-0.2, 0) is 4.74 Å². The number of amides is 1. The first-order chi connectivity index (χ1) is 11.2. The fourth-order valence-corrected chi connectivity index (χ4v) is 2.75. The molecule has 0 fully saturated rings. The lowest BCUT2D eigenvalue weighted by molar-refractivity contribution is 0.0609. The van der Waals surface area contributed by atoms with Crippen LogP contribution in [0.3, 0.4) is 0 Å². The number of carbonyl (C=O) groups excluding carboxylic acids is 1. The van der Waals surface area contributed by atoms with Crippen LogP contribution in [0.2, 0.25) is 0 Å². The van der Waals surface area contributed by atoms with Gasteiger partial charge in [0.05, 0.1) is 23.8 Å². The normalized spacial score (nSPS) is 16.4. The molecule has 3 rings (SSSR count). The lowest BCUT2D eigenvalue weighted by Gasteiger charge is -2.38. The molecule has 5 heteroatoms. The van der Waals surface area contributed by atoms with Gasteiger partial charge in [0.1, 0.15) is 6.17 Å². The molecule has 0 spiro atoms. The van der Waals surface area contributed by atoms with Crippen LogP contribution in [0.1, 0.15) is 27.7 Å². The fourth-order valence-electron chi connectivity index (χ4n) is 2.75. The van der Waals surface area contributed by atoms with Crippen LogP contribution in [0.5, 0.6) is 0 Å². The van der Waals surface area contributed by atoms with Crippen molar-refractivity contribution in [1.82, 2.24) is 4.90 Å². The number of rotatable bonds is 4.